The van der Waals surface area contributed by atoms with Crippen LogP contribution < -0.4 is 4.74 Å². The fraction of sp³-hybridized carbons (Fsp3) is 0.167. The van der Waals surface area contributed by atoms with Crippen molar-refractivity contribution in [3.05, 3.63) is 71.2 Å². The van der Waals surface area contributed by atoms with E-state index in [0.29, 0.717) is 20.6 Å². The van der Waals surface area contributed by atoms with E-state index in [1.54, 1.807) is 36.4 Å². The van der Waals surface area contributed by atoms with Gasteiger partial charge in [-0.15, -0.1) is 0 Å². The summed E-state index contributed by atoms with van der Waals surface area (Å²) in [5.74, 6) is -7.47. The summed E-state index contributed by atoms with van der Waals surface area (Å²) in [5, 5.41) is 1.50. The van der Waals surface area contributed by atoms with Gasteiger partial charge in [0.15, 0.2) is 11.1 Å². The lowest BCUT2D eigenvalue weighted by Gasteiger charge is -2.29. The van der Waals surface area contributed by atoms with Crippen LogP contribution in [0.3, 0.4) is 0 Å². The molecule has 0 spiro atoms. The highest BCUT2D eigenvalue weighted by atomic mass is 79.9. The molecule has 4 rings (SSSR count). The minimum Gasteiger partial charge on any atom is -0.427 e. The van der Waals surface area contributed by atoms with Crippen LogP contribution in [0, 0.1) is 0 Å². The third-order valence-electron chi connectivity index (χ3n) is 5.38. The predicted molar refractivity (Wildman–Crippen MR) is 125 cm³/mol. The van der Waals surface area contributed by atoms with Crippen molar-refractivity contribution in [2.75, 3.05) is 7.11 Å². The van der Waals surface area contributed by atoms with Crippen LogP contribution in [0.1, 0.15) is 0 Å². The van der Waals surface area contributed by atoms with Gasteiger partial charge in [0.05, 0.1) is 12.0 Å². The van der Waals surface area contributed by atoms with Crippen molar-refractivity contribution >= 4 is 48.6 Å². The van der Waals surface area contributed by atoms with Gasteiger partial charge in [-0.1, -0.05) is 58.4 Å². The Morgan fingerprint density at radius 2 is 1.42 bits per heavy atom. The Labute approximate surface area is 210 Å². The minimum atomic E-state index is -6.58. The molecule has 4 aromatic carbocycles. The Bertz CT molecular complexity index is 1490. The minimum absolute atomic E-state index is 0.0160. The number of ether oxygens (including phenoxy) is 1. The van der Waals surface area contributed by atoms with Gasteiger partial charge in [-0.3, -0.25) is 4.18 Å². The van der Waals surface area contributed by atoms with Gasteiger partial charge in [0.2, 0.25) is 0 Å². The first-order valence-electron chi connectivity index (χ1n) is 10.0. The number of alkyl halides is 7. The van der Waals surface area contributed by atoms with E-state index < -0.39 is 35.0 Å². The lowest BCUT2D eigenvalue weighted by atomic mass is 9.93. The van der Waals surface area contributed by atoms with E-state index in [4.69, 9.17) is 4.18 Å². The first-order valence-corrected chi connectivity index (χ1v) is 11.9. The highest BCUT2D eigenvalue weighted by Crippen LogP contribution is 2.50. The maximum absolute atomic E-state index is 14.4. The lowest BCUT2D eigenvalue weighted by Crippen LogP contribution is -2.55. The van der Waals surface area contributed by atoms with Gasteiger partial charge < -0.3 is 4.74 Å². The Morgan fingerprint density at radius 3 is 2.08 bits per heavy atom. The summed E-state index contributed by atoms with van der Waals surface area (Å²) < 4.78 is 117. The first kappa shape index (κ1) is 26.4. The van der Waals surface area contributed by atoms with E-state index in [1.165, 1.54) is 24.3 Å². The number of hydrogen-bond acceptors (Lipinski definition) is 3. The van der Waals surface area contributed by atoms with Crippen LogP contribution in [0.25, 0.3) is 32.7 Å². The van der Waals surface area contributed by atoms with E-state index in [-0.39, 0.29) is 21.4 Å². The van der Waals surface area contributed by atoms with Gasteiger partial charge in [-0.2, -0.15) is 30.7 Å². The molecule has 0 heterocycles. The fourth-order valence-corrected chi connectivity index (χ4v) is 4.85. The molecule has 190 valence electrons. The molecule has 0 saturated heterocycles. The molecule has 0 radical (unpaired) electrons. The Morgan fingerprint density at radius 1 is 0.778 bits per heavy atom. The van der Waals surface area contributed by atoms with E-state index in [2.05, 4.69) is 20.7 Å². The zero-order chi connectivity index (χ0) is 26.5. The average Bonchev–Trinajstić information content (AvgIpc) is 2.82. The topological polar surface area (TPSA) is 35.5 Å². The molecule has 12 heteroatoms. The third-order valence-corrected chi connectivity index (χ3v) is 6.87. The monoisotopic (exact) mass is 594 g/mol. The zero-order valence-corrected chi connectivity index (χ0v) is 20.4. The lowest BCUT2D eigenvalue weighted by molar-refractivity contribution is -0.402. The molecule has 0 amide bonds. The van der Waals surface area contributed by atoms with Gasteiger partial charge in [-0.05, 0) is 45.8 Å². The van der Waals surface area contributed by atoms with Gasteiger partial charge in [0.1, 0.15) is 5.75 Å². The molecular formula is C24H14BrF7O3S. The molecule has 4 aromatic rings. The van der Waals surface area contributed by atoms with Crippen molar-refractivity contribution in [2.45, 2.75) is 23.1 Å². The van der Waals surface area contributed by atoms with E-state index in [9.17, 15) is 34.9 Å². The number of hydrogen-bond donors (Lipinski definition) is 0. The number of benzene rings is 4. The second kappa shape index (κ2) is 9.31. The second-order valence-electron chi connectivity index (χ2n) is 7.56. The van der Waals surface area contributed by atoms with Crippen LogP contribution in [0.2, 0.25) is 0 Å². The average molecular weight is 595 g/mol. The fourth-order valence-electron chi connectivity index (χ4n) is 3.73. The Kier molecular flexibility index (Phi) is 6.82. The van der Waals surface area contributed by atoms with Crippen LogP contribution in [0.5, 0.6) is 5.75 Å². The number of rotatable bonds is 6. The molecule has 3 nitrogen and oxygen atoms in total. The molecule has 0 aliphatic carbocycles. The van der Waals surface area contributed by atoms with Gasteiger partial charge in [-0.25, -0.2) is 4.21 Å². The van der Waals surface area contributed by atoms with E-state index >= 15 is 0 Å². The summed E-state index contributed by atoms with van der Waals surface area (Å²) in [6, 6.07) is 16.1. The standard InChI is InChI=1S/C24H14BrF7O3S/c1-34-36(33)19-11-7-13-4-2-3-5-16(13)21(19)20-17-9-8-15(25)12-14(17)6-10-18(20)35-24(31,32)22(26,27)23(28,29)30/h2-12H,1H3. The second-order valence-corrected chi connectivity index (χ2v) is 9.71. The molecular weight excluding hydrogens is 581 g/mol. The highest BCUT2D eigenvalue weighted by Gasteiger charge is 2.75. The largest absolute Gasteiger partial charge is 0.474 e. The van der Waals surface area contributed by atoms with Crippen molar-refractivity contribution in [1.82, 2.24) is 0 Å². The number of fused-ring (bicyclic) bond motifs is 2. The maximum Gasteiger partial charge on any atom is 0.474 e. The van der Waals surface area contributed by atoms with Gasteiger partial charge >= 0.3 is 18.2 Å². The quantitative estimate of drug-likeness (QED) is 0.211. The first-order chi connectivity index (χ1) is 16.8. The molecule has 0 aromatic heterocycles. The normalized spacial score (nSPS) is 13.8. The summed E-state index contributed by atoms with van der Waals surface area (Å²) in [6.45, 7) is 0. The van der Waals surface area contributed by atoms with Gasteiger partial charge in [0, 0.05) is 15.6 Å². The maximum atomic E-state index is 14.4. The van der Waals surface area contributed by atoms with Crippen molar-refractivity contribution < 1.29 is 43.9 Å². The van der Waals surface area contributed by atoms with E-state index in [1.807, 2.05) is 0 Å². The van der Waals surface area contributed by atoms with Crippen molar-refractivity contribution in [2.24, 2.45) is 0 Å². The molecule has 0 aliphatic heterocycles. The van der Waals surface area contributed by atoms with E-state index in [0.717, 1.165) is 13.2 Å². The molecule has 0 bridgehead atoms. The van der Waals surface area contributed by atoms with Crippen LogP contribution in [0.15, 0.2) is 76.1 Å². The highest BCUT2D eigenvalue weighted by molar-refractivity contribution is 9.10. The smallest absolute Gasteiger partial charge is 0.427 e. The van der Waals surface area contributed by atoms with Crippen molar-refractivity contribution in [3.63, 3.8) is 0 Å². The summed E-state index contributed by atoms with van der Waals surface area (Å²) >= 11 is 1.12. The van der Waals surface area contributed by atoms with Crippen molar-refractivity contribution in [3.8, 4) is 16.9 Å². The van der Waals surface area contributed by atoms with Gasteiger partial charge in [0.25, 0.3) is 0 Å². The molecule has 0 saturated carbocycles. The predicted octanol–water partition coefficient (Wildman–Crippen LogP) is 8.26. The molecule has 0 aliphatic rings. The molecule has 0 N–H and O–H groups in total. The number of halogens is 8. The Hall–Kier alpha value is -2.70. The molecule has 36 heavy (non-hydrogen) atoms. The van der Waals surface area contributed by atoms with Crippen LogP contribution in [0.4, 0.5) is 30.7 Å². The zero-order valence-electron chi connectivity index (χ0n) is 18.0. The van der Waals surface area contributed by atoms with Crippen LogP contribution >= 0.6 is 15.9 Å². The van der Waals surface area contributed by atoms with Crippen LogP contribution in [-0.2, 0) is 15.3 Å². The SMILES string of the molecule is COS(=O)c1ccc2ccccc2c1-c1c(OC(F)(F)C(F)(F)C(F)(F)F)ccc2cc(Br)ccc12. The van der Waals surface area contributed by atoms with Crippen LogP contribution in [-0.4, -0.2) is 29.5 Å². The summed E-state index contributed by atoms with van der Waals surface area (Å²) in [6.07, 6.45) is -12.5. The molecule has 0 fully saturated rings. The summed E-state index contributed by atoms with van der Waals surface area (Å²) in [5.41, 5.74) is -0.239. The van der Waals surface area contributed by atoms with Crippen molar-refractivity contribution in [1.29, 1.82) is 0 Å². The Balaban J connectivity index is 2.11. The third kappa shape index (κ3) is 4.46. The molecule has 1 unspecified atom stereocenters. The summed E-state index contributed by atoms with van der Waals surface area (Å²) in [7, 11) is 1.13. The summed E-state index contributed by atoms with van der Waals surface area (Å²) in [4.78, 5) is -0.0256. The molecule has 1 atom stereocenters.